The highest BCUT2D eigenvalue weighted by molar-refractivity contribution is 5.98. The Morgan fingerprint density at radius 1 is 1.06 bits per heavy atom. The fourth-order valence-electron chi connectivity index (χ4n) is 3.56. The third kappa shape index (κ3) is 5.32. The van der Waals surface area contributed by atoms with Crippen molar-refractivity contribution in [2.75, 3.05) is 5.73 Å². The van der Waals surface area contributed by atoms with Crippen molar-refractivity contribution in [1.82, 2.24) is 14.9 Å². The van der Waals surface area contributed by atoms with Gasteiger partial charge in [0.25, 0.3) is 5.91 Å². The first-order valence-electron chi connectivity index (χ1n) is 10.5. The molecule has 180 valence electrons. The van der Waals surface area contributed by atoms with Gasteiger partial charge in [0.1, 0.15) is 5.82 Å². The standard InChI is InChI=1S/C25H20F4N4O2/c1-14-8-17-10-16(3-6-21(17)32-23(14)30)24(35)33(12-15-2-7-22(34)20(26)9-15)13-19-5-4-18(11-31-19)25(27,28)29/h2-11,34H,12-13H2,1H3,(H2,30,32). The molecule has 4 aromatic rings. The molecule has 0 spiro atoms. The van der Waals surface area contributed by atoms with E-state index in [1.165, 1.54) is 23.1 Å². The summed E-state index contributed by atoms with van der Waals surface area (Å²) in [7, 11) is 0. The molecule has 0 aliphatic rings. The van der Waals surface area contributed by atoms with Crippen LogP contribution in [0.3, 0.4) is 0 Å². The summed E-state index contributed by atoms with van der Waals surface area (Å²) in [6.07, 6.45) is -3.83. The highest BCUT2D eigenvalue weighted by Gasteiger charge is 2.30. The van der Waals surface area contributed by atoms with E-state index in [1.54, 1.807) is 31.2 Å². The first-order valence-corrected chi connectivity index (χ1v) is 10.5. The Hall–Kier alpha value is -4.21. The number of carbonyl (C=O) groups is 1. The van der Waals surface area contributed by atoms with Gasteiger partial charge in [-0.15, -0.1) is 0 Å². The smallest absolute Gasteiger partial charge is 0.417 e. The molecule has 35 heavy (non-hydrogen) atoms. The molecule has 2 heterocycles. The molecule has 2 aromatic heterocycles. The third-order valence-electron chi connectivity index (χ3n) is 5.47. The molecular formula is C25H20F4N4O2. The zero-order valence-corrected chi connectivity index (χ0v) is 18.5. The van der Waals surface area contributed by atoms with E-state index in [2.05, 4.69) is 9.97 Å². The highest BCUT2D eigenvalue weighted by atomic mass is 19.4. The Morgan fingerprint density at radius 2 is 1.83 bits per heavy atom. The lowest BCUT2D eigenvalue weighted by Crippen LogP contribution is -2.30. The molecule has 0 fully saturated rings. The molecular weight excluding hydrogens is 464 g/mol. The maximum absolute atomic E-state index is 13.9. The molecule has 0 radical (unpaired) electrons. The van der Waals surface area contributed by atoms with E-state index < -0.39 is 29.2 Å². The van der Waals surface area contributed by atoms with Crippen molar-refractivity contribution in [3.05, 3.63) is 94.6 Å². The molecule has 0 aliphatic carbocycles. The van der Waals surface area contributed by atoms with Crippen LogP contribution >= 0.6 is 0 Å². The topological polar surface area (TPSA) is 92.3 Å². The van der Waals surface area contributed by atoms with Gasteiger partial charge in [-0.05, 0) is 66.6 Å². The second-order valence-electron chi connectivity index (χ2n) is 8.08. The van der Waals surface area contributed by atoms with Gasteiger partial charge in [0, 0.05) is 23.7 Å². The van der Waals surface area contributed by atoms with Gasteiger partial charge in [0.05, 0.1) is 23.3 Å². The van der Waals surface area contributed by atoms with Crippen LogP contribution in [0.25, 0.3) is 10.9 Å². The van der Waals surface area contributed by atoms with E-state index >= 15 is 0 Å². The van der Waals surface area contributed by atoms with Crippen LogP contribution in [0.2, 0.25) is 0 Å². The van der Waals surface area contributed by atoms with Crippen molar-refractivity contribution >= 4 is 22.6 Å². The lowest BCUT2D eigenvalue weighted by atomic mass is 10.1. The second kappa shape index (κ2) is 9.21. The summed E-state index contributed by atoms with van der Waals surface area (Å²) in [6.45, 7) is 1.59. The number of hydrogen-bond acceptors (Lipinski definition) is 5. The highest BCUT2D eigenvalue weighted by Crippen LogP contribution is 2.29. The third-order valence-corrected chi connectivity index (χ3v) is 5.47. The Bertz CT molecular complexity index is 1410. The van der Waals surface area contributed by atoms with E-state index in [4.69, 9.17) is 5.73 Å². The number of nitrogens with two attached hydrogens (primary N) is 1. The minimum atomic E-state index is -4.54. The lowest BCUT2D eigenvalue weighted by molar-refractivity contribution is -0.137. The molecule has 0 unspecified atom stereocenters. The predicted molar refractivity (Wildman–Crippen MR) is 122 cm³/mol. The number of halogens is 4. The number of anilines is 1. The molecule has 6 nitrogen and oxygen atoms in total. The molecule has 2 aromatic carbocycles. The van der Waals surface area contributed by atoms with Crippen LogP contribution in [0.4, 0.5) is 23.4 Å². The number of fused-ring (bicyclic) bond motifs is 1. The number of aryl methyl sites for hydroxylation is 1. The summed E-state index contributed by atoms with van der Waals surface area (Å²) in [5.74, 6) is -1.46. The molecule has 3 N–H and O–H groups in total. The number of phenols is 1. The van der Waals surface area contributed by atoms with Gasteiger partial charge >= 0.3 is 6.18 Å². The molecule has 0 bridgehead atoms. The molecule has 0 saturated carbocycles. The van der Waals surface area contributed by atoms with Crippen LogP contribution in [0.15, 0.2) is 60.8 Å². The molecule has 0 saturated heterocycles. The van der Waals surface area contributed by atoms with Gasteiger partial charge in [-0.3, -0.25) is 9.78 Å². The van der Waals surface area contributed by atoms with Crippen molar-refractivity contribution in [1.29, 1.82) is 0 Å². The average Bonchev–Trinajstić information content (AvgIpc) is 2.81. The van der Waals surface area contributed by atoms with Gasteiger partial charge in [-0.2, -0.15) is 13.2 Å². The summed E-state index contributed by atoms with van der Waals surface area (Å²) < 4.78 is 52.6. The zero-order valence-electron chi connectivity index (χ0n) is 18.5. The Balaban J connectivity index is 1.68. The number of nitrogens with zero attached hydrogens (tertiary/aromatic N) is 3. The molecule has 0 aliphatic heterocycles. The largest absolute Gasteiger partial charge is 0.505 e. The first kappa shape index (κ1) is 23.9. The van der Waals surface area contributed by atoms with E-state index in [-0.39, 0.29) is 18.8 Å². The van der Waals surface area contributed by atoms with Crippen LogP contribution in [-0.4, -0.2) is 25.9 Å². The lowest BCUT2D eigenvalue weighted by Gasteiger charge is -2.23. The minimum Gasteiger partial charge on any atom is -0.505 e. The van der Waals surface area contributed by atoms with E-state index in [9.17, 15) is 27.5 Å². The number of benzene rings is 2. The predicted octanol–water partition coefficient (Wildman–Crippen LogP) is 5.23. The fraction of sp³-hybridized carbons (Fsp3) is 0.160. The normalized spacial score (nSPS) is 11.6. The van der Waals surface area contributed by atoms with E-state index in [0.717, 1.165) is 17.7 Å². The summed E-state index contributed by atoms with van der Waals surface area (Å²) in [5.41, 5.74) is 7.19. The Kier molecular flexibility index (Phi) is 6.29. The number of hydrogen-bond donors (Lipinski definition) is 2. The fourth-order valence-corrected chi connectivity index (χ4v) is 3.56. The molecule has 10 heteroatoms. The van der Waals surface area contributed by atoms with Gasteiger partial charge in [-0.25, -0.2) is 9.37 Å². The number of nitrogen functional groups attached to an aromatic ring is 1. The number of phenolic OH excluding ortho intramolecular Hbond substituents is 1. The van der Waals surface area contributed by atoms with Gasteiger partial charge in [-0.1, -0.05) is 6.07 Å². The Morgan fingerprint density at radius 3 is 2.49 bits per heavy atom. The number of aromatic nitrogens is 2. The summed E-state index contributed by atoms with van der Waals surface area (Å²) in [4.78, 5) is 22.9. The maximum atomic E-state index is 13.9. The van der Waals surface area contributed by atoms with Crippen molar-refractivity contribution in [2.45, 2.75) is 26.2 Å². The average molecular weight is 484 g/mol. The Labute approximate surface area is 197 Å². The van der Waals surface area contributed by atoms with Crippen molar-refractivity contribution in [3.63, 3.8) is 0 Å². The quantitative estimate of drug-likeness (QED) is 0.379. The van der Waals surface area contributed by atoms with Crippen LogP contribution < -0.4 is 5.73 Å². The second-order valence-corrected chi connectivity index (χ2v) is 8.08. The van der Waals surface area contributed by atoms with Gasteiger partial charge < -0.3 is 15.7 Å². The number of rotatable bonds is 5. The van der Waals surface area contributed by atoms with Crippen LogP contribution in [0.1, 0.15) is 32.7 Å². The molecule has 0 atom stereocenters. The minimum absolute atomic E-state index is 0.0736. The van der Waals surface area contributed by atoms with Crippen LogP contribution in [0.5, 0.6) is 5.75 Å². The number of amides is 1. The van der Waals surface area contributed by atoms with Crippen LogP contribution in [-0.2, 0) is 19.3 Å². The summed E-state index contributed by atoms with van der Waals surface area (Å²) in [6, 6.07) is 12.4. The summed E-state index contributed by atoms with van der Waals surface area (Å²) in [5, 5.41) is 10.1. The van der Waals surface area contributed by atoms with Gasteiger partial charge in [0.2, 0.25) is 0 Å². The molecule has 4 rings (SSSR count). The number of aromatic hydroxyl groups is 1. The van der Waals surface area contributed by atoms with Crippen molar-refractivity contribution < 1.29 is 27.5 Å². The van der Waals surface area contributed by atoms with Gasteiger partial charge in [0.15, 0.2) is 11.6 Å². The van der Waals surface area contributed by atoms with Crippen LogP contribution in [0, 0.1) is 12.7 Å². The van der Waals surface area contributed by atoms with Crippen molar-refractivity contribution in [3.8, 4) is 5.75 Å². The zero-order chi connectivity index (χ0) is 25.3. The first-order chi connectivity index (χ1) is 16.5. The number of carbonyl (C=O) groups excluding carboxylic acids is 1. The number of pyridine rings is 2. The van der Waals surface area contributed by atoms with Crippen molar-refractivity contribution in [2.24, 2.45) is 0 Å². The summed E-state index contributed by atoms with van der Waals surface area (Å²) >= 11 is 0. The van der Waals surface area contributed by atoms with E-state index in [1.807, 2.05) is 0 Å². The SMILES string of the molecule is Cc1cc2cc(C(=O)N(Cc3ccc(O)c(F)c3)Cc3ccc(C(F)(F)F)cn3)ccc2nc1N. The van der Waals surface area contributed by atoms with E-state index in [0.29, 0.717) is 34.0 Å². The molecule has 1 amide bonds. The number of alkyl halides is 3. The monoisotopic (exact) mass is 484 g/mol. The maximum Gasteiger partial charge on any atom is 0.417 e.